The van der Waals surface area contributed by atoms with Crippen molar-refractivity contribution in [2.45, 2.75) is 0 Å². The fourth-order valence-electron chi connectivity index (χ4n) is 2.76. The van der Waals surface area contributed by atoms with Crippen molar-refractivity contribution in [1.82, 2.24) is 5.32 Å². The van der Waals surface area contributed by atoms with Crippen LogP contribution in [0.3, 0.4) is 0 Å². The van der Waals surface area contributed by atoms with Crippen molar-refractivity contribution in [1.29, 1.82) is 0 Å². The predicted octanol–water partition coefficient (Wildman–Crippen LogP) is 4.07. The van der Waals surface area contributed by atoms with Crippen molar-refractivity contribution in [2.24, 2.45) is 0 Å². The maximum atomic E-state index is 12.0. The summed E-state index contributed by atoms with van der Waals surface area (Å²) >= 11 is 0. The van der Waals surface area contributed by atoms with Gasteiger partial charge in [-0.1, -0.05) is 30.3 Å². The zero-order chi connectivity index (χ0) is 19.8. The molecule has 5 heteroatoms. The predicted molar refractivity (Wildman–Crippen MR) is 111 cm³/mol. The van der Waals surface area contributed by atoms with Crippen LogP contribution in [0.4, 0.5) is 0 Å². The van der Waals surface area contributed by atoms with E-state index in [1.165, 1.54) is 11.5 Å². The first-order valence-electron chi connectivity index (χ1n) is 8.98. The highest BCUT2D eigenvalue weighted by Crippen LogP contribution is 2.23. The van der Waals surface area contributed by atoms with Gasteiger partial charge in [-0.05, 0) is 46.7 Å². The van der Waals surface area contributed by atoms with Crippen LogP contribution in [0, 0.1) is 0 Å². The molecule has 5 nitrogen and oxygen atoms in total. The van der Waals surface area contributed by atoms with Crippen molar-refractivity contribution < 1.29 is 19.0 Å². The smallest absolute Gasteiger partial charge is 0.244 e. The molecular weight excluding hydrogens is 354 g/mol. The third kappa shape index (κ3) is 5.27. The molecule has 0 atom stereocenters. The minimum absolute atomic E-state index is 0.191. The lowest BCUT2D eigenvalue weighted by atomic mass is 10.1. The molecular formula is C23H23NO4. The summed E-state index contributed by atoms with van der Waals surface area (Å²) in [6, 6.07) is 19.5. The Kier molecular flexibility index (Phi) is 6.52. The van der Waals surface area contributed by atoms with Gasteiger partial charge in [0.15, 0.2) is 0 Å². The lowest BCUT2D eigenvalue weighted by Crippen LogP contribution is -2.26. The maximum Gasteiger partial charge on any atom is 0.244 e. The number of carbonyl (C=O) groups is 1. The third-order valence-electron chi connectivity index (χ3n) is 4.19. The molecule has 3 rings (SSSR count). The van der Waals surface area contributed by atoms with Crippen LogP contribution in [0.5, 0.6) is 17.2 Å². The van der Waals surface area contributed by atoms with Crippen molar-refractivity contribution >= 4 is 22.8 Å². The van der Waals surface area contributed by atoms with Crippen LogP contribution in [-0.2, 0) is 4.79 Å². The van der Waals surface area contributed by atoms with E-state index in [0.717, 1.165) is 16.7 Å². The Hall–Kier alpha value is -3.47. The third-order valence-corrected chi connectivity index (χ3v) is 4.19. The zero-order valence-corrected chi connectivity index (χ0v) is 16.0. The Labute approximate surface area is 164 Å². The van der Waals surface area contributed by atoms with E-state index in [0.29, 0.717) is 24.7 Å². The van der Waals surface area contributed by atoms with Crippen molar-refractivity contribution in [2.75, 3.05) is 27.4 Å². The zero-order valence-electron chi connectivity index (χ0n) is 16.0. The molecule has 0 spiro atoms. The van der Waals surface area contributed by atoms with Crippen molar-refractivity contribution in [3.63, 3.8) is 0 Å². The molecule has 3 aromatic carbocycles. The van der Waals surface area contributed by atoms with E-state index in [2.05, 4.69) is 11.4 Å². The molecule has 3 aromatic rings. The Bertz CT molecular complexity index is 959. The average molecular weight is 377 g/mol. The summed E-state index contributed by atoms with van der Waals surface area (Å²) in [6.45, 7) is 0.808. The number of amides is 1. The molecule has 0 aromatic heterocycles. The number of carbonyl (C=O) groups excluding carboxylic acids is 1. The van der Waals surface area contributed by atoms with Gasteiger partial charge in [0, 0.05) is 12.1 Å². The van der Waals surface area contributed by atoms with Gasteiger partial charge in [-0.2, -0.15) is 0 Å². The van der Waals surface area contributed by atoms with Crippen LogP contribution in [0.15, 0.2) is 66.7 Å². The first-order valence-corrected chi connectivity index (χ1v) is 8.98. The van der Waals surface area contributed by atoms with Gasteiger partial charge < -0.3 is 19.5 Å². The second-order valence-corrected chi connectivity index (χ2v) is 6.13. The molecule has 144 valence electrons. The molecule has 0 aliphatic carbocycles. The van der Waals surface area contributed by atoms with Gasteiger partial charge in [-0.3, -0.25) is 4.79 Å². The Morgan fingerprint density at radius 2 is 1.61 bits per heavy atom. The standard InChI is InChI=1S/C23H23NO4/c1-26-21-13-17(14-22(16-21)27-2)7-10-23(25)24-11-12-28-20-9-8-18-5-3-4-6-19(18)15-20/h3-10,13-16H,11-12H2,1-2H3,(H,24,25)/b10-7+. The monoisotopic (exact) mass is 377 g/mol. The van der Waals surface area contributed by atoms with E-state index in [-0.39, 0.29) is 5.91 Å². The van der Waals surface area contributed by atoms with Crippen LogP contribution in [0.1, 0.15) is 5.56 Å². The number of hydrogen-bond donors (Lipinski definition) is 1. The molecule has 0 unspecified atom stereocenters. The topological polar surface area (TPSA) is 56.8 Å². The molecule has 1 amide bonds. The second kappa shape index (κ2) is 9.46. The minimum Gasteiger partial charge on any atom is -0.497 e. The van der Waals surface area contributed by atoms with Crippen LogP contribution in [0.25, 0.3) is 16.8 Å². The van der Waals surface area contributed by atoms with Crippen LogP contribution in [-0.4, -0.2) is 33.3 Å². The first-order chi connectivity index (χ1) is 13.7. The van der Waals surface area contributed by atoms with Crippen molar-refractivity contribution in [3.8, 4) is 17.2 Å². The highest BCUT2D eigenvalue weighted by Gasteiger charge is 2.01. The maximum absolute atomic E-state index is 12.0. The number of methoxy groups -OCH3 is 2. The van der Waals surface area contributed by atoms with Gasteiger partial charge >= 0.3 is 0 Å². The largest absolute Gasteiger partial charge is 0.497 e. The van der Waals surface area contributed by atoms with E-state index in [1.807, 2.05) is 48.5 Å². The molecule has 0 aliphatic heterocycles. The molecule has 0 bridgehead atoms. The van der Waals surface area contributed by atoms with E-state index in [9.17, 15) is 4.79 Å². The molecule has 0 heterocycles. The van der Waals surface area contributed by atoms with E-state index >= 15 is 0 Å². The molecule has 0 saturated heterocycles. The van der Waals surface area contributed by atoms with E-state index in [1.54, 1.807) is 26.4 Å². The summed E-state index contributed by atoms with van der Waals surface area (Å²) in [5.74, 6) is 1.93. The van der Waals surface area contributed by atoms with Gasteiger partial charge in [0.25, 0.3) is 0 Å². The van der Waals surface area contributed by atoms with E-state index in [4.69, 9.17) is 14.2 Å². The second-order valence-electron chi connectivity index (χ2n) is 6.13. The van der Waals surface area contributed by atoms with E-state index < -0.39 is 0 Å². The highest BCUT2D eigenvalue weighted by molar-refractivity contribution is 5.91. The fourth-order valence-corrected chi connectivity index (χ4v) is 2.76. The molecule has 28 heavy (non-hydrogen) atoms. The lowest BCUT2D eigenvalue weighted by molar-refractivity contribution is -0.116. The summed E-state index contributed by atoms with van der Waals surface area (Å²) < 4.78 is 16.2. The molecule has 0 saturated carbocycles. The quantitative estimate of drug-likeness (QED) is 0.475. The van der Waals surface area contributed by atoms with Gasteiger partial charge in [0.05, 0.1) is 20.8 Å². The molecule has 0 radical (unpaired) electrons. The van der Waals surface area contributed by atoms with Crippen LogP contribution < -0.4 is 19.5 Å². The van der Waals surface area contributed by atoms with Gasteiger partial charge in [-0.15, -0.1) is 0 Å². The average Bonchev–Trinajstić information content (AvgIpc) is 2.74. The highest BCUT2D eigenvalue weighted by atomic mass is 16.5. The summed E-state index contributed by atoms with van der Waals surface area (Å²) in [4.78, 5) is 12.0. The molecule has 0 fully saturated rings. The summed E-state index contributed by atoms with van der Waals surface area (Å²) in [5, 5.41) is 5.10. The Morgan fingerprint density at radius 3 is 2.32 bits per heavy atom. The minimum atomic E-state index is -0.191. The van der Waals surface area contributed by atoms with Crippen molar-refractivity contribution in [3.05, 3.63) is 72.3 Å². The molecule has 1 N–H and O–H groups in total. The Morgan fingerprint density at radius 1 is 0.893 bits per heavy atom. The fraction of sp³-hybridized carbons (Fsp3) is 0.174. The Balaban J connectivity index is 1.48. The molecule has 0 aliphatic rings. The lowest BCUT2D eigenvalue weighted by Gasteiger charge is -2.08. The normalized spacial score (nSPS) is 10.8. The van der Waals surface area contributed by atoms with Gasteiger partial charge in [-0.25, -0.2) is 0 Å². The number of rotatable bonds is 8. The summed E-state index contributed by atoms with van der Waals surface area (Å²) in [6.07, 6.45) is 3.19. The van der Waals surface area contributed by atoms with Gasteiger partial charge in [0.2, 0.25) is 5.91 Å². The summed E-state index contributed by atoms with van der Waals surface area (Å²) in [7, 11) is 3.18. The number of benzene rings is 3. The van der Waals surface area contributed by atoms with Gasteiger partial charge in [0.1, 0.15) is 23.9 Å². The number of fused-ring (bicyclic) bond motifs is 1. The number of hydrogen-bond acceptors (Lipinski definition) is 4. The number of ether oxygens (including phenoxy) is 3. The van der Waals surface area contributed by atoms with Crippen LogP contribution >= 0.6 is 0 Å². The van der Waals surface area contributed by atoms with Crippen LogP contribution in [0.2, 0.25) is 0 Å². The number of nitrogens with one attached hydrogen (secondary N) is 1. The summed E-state index contributed by atoms with van der Waals surface area (Å²) in [5.41, 5.74) is 0.818. The SMILES string of the molecule is COc1cc(/C=C/C(=O)NCCOc2ccc3ccccc3c2)cc(OC)c1. The first kappa shape index (κ1) is 19.3.